The van der Waals surface area contributed by atoms with E-state index in [-0.39, 0.29) is 52.4 Å². The van der Waals surface area contributed by atoms with Crippen molar-refractivity contribution in [3.05, 3.63) is 57.6 Å². The molecule has 0 bridgehead atoms. The van der Waals surface area contributed by atoms with Crippen LogP contribution >= 0.6 is 11.6 Å². The Hall–Kier alpha value is -3.59. The molecule has 4 heterocycles. The lowest BCUT2D eigenvalue weighted by molar-refractivity contribution is 0.0668. The lowest BCUT2D eigenvalue weighted by Crippen LogP contribution is -2.39. The lowest BCUT2D eigenvalue weighted by atomic mass is 10.1. The van der Waals surface area contributed by atoms with Gasteiger partial charge in [-0.25, -0.2) is 9.37 Å². The van der Waals surface area contributed by atoms with Gasteiger partial charge in [-0.1, -0.05) is 11.6 Å². The number of ether oxygens (including phenoxy) is 2. The molecule has 1 saturated heterocycles. The second kappa shape index (κ2) is 8.88. The largest absolute Gasteiger partial charge is 0.491 e. The van der Waals surface area contributed by atoms with Gasteiger partial charge in [0.25, 0.3) is 17.3 Å². The number of hydrogen-bond donors (Lipinski definition) is 0. The van der Waals surface area contributed by atoms with Crippen LogP contribution in [0.1, 0.15) is 23.2 Å². The Kier molecular flexibility index (Phi) is 5.88. The zero-order valence-electron chi connectivity index (χ0n) is 19.5. The van der Waals surface area contributed by atoms with Crippen LogP contribution < -0.4 is 15.0 Å². The Bertz CT molecular complexity index is 1520. The standard InChI is InChI=1S/C25H24ClFN4O4/c1-29-13-19(26)16-5-4-15(10-20(16)29)31-12-18(24(32)30-8-6-14(27)7-9-30)22-17(25(31)33)11-21(34-2)23(28-22)35-3/h4-5,10-14H,6-9H2,1-3H3. The lowest BCUT2D eigenvalue weighted by Gasteiger charge is -2.29. The number of pyridine rings is 2. The smallest absolute Gasteiger partial charge is 0.264 e. The van der Waals surface area contributed by atoms with Crippen molar-refractivity contribution in [3.63, 3.8) is 0 Å². The summed E-state index contributed by atoms with van der Waals surface area (Å²) >= 11 is 6.31. The molecule has 1 aliphatic heterocycles. The van der Waals surface area contributed by atoms with Crippen molar-refractivity contribution >= 4 is 39.3 Å². The molecule has 0 saturated carbocycles. The van der Waals surface area contributed by atoms with E-state index in [0.717, 1.165) is 10.9 Å². The topological polar surface area (TPSA) is 78.6 Å². The van der Waals surface area contributed by atoms with Crippen LogP contribution in [0.2, 0.25) is 5.02 Å². The quantitative estimate of drug-likeness (QED) is 0.423. The first-order chi connectivity index (χ1) is 16.8. The number of rotatable bonds is 4. The highest BCUT2D eigenvalue weighted by atomic mass is 35.5. The minimum atomic E-state index is -0.920. The molecule has 0 N–H and O–H groups in total. The average molecular weight is 499 g/mol. The number of alkyl halides is 1. The highest BCUT2D eigenvalue weighted by Crippen LogP contribution is 2.31. The third-order valence-corrected chi connectivity index (χ3v) is 6.78. The van der Waals surface area contributed by atoms with Crippen molar-refractivity contribution in [1.82, 2.24) is 19.0 Å². The molecule has 0 atom stereocenters. The van der Waals surface area contributed by atoms with E-state index in [1.54, 1.807) is 17.2 Å². The van der Waals surface area contributed by atoms with E-state index in [9.17, 15) is 14.0 Å². The summed E-state index contributed by atoms with van der Waals surface area (Å²) in [7, 11) is 4.75. The predicted molar refractivity (Wildman–Crippen MR) is 132 cm³/mol. The third kappa shape index (κ3) is 3.89. The van der Waals surface area contributed by atoms with E-state index < -0.39 is 6.17 Å². The Morgan fingerprint density at radius 3 is 2.54 bits per heavy atom. The highest BCUT2D eigenvalue weighted by Gasteiger charge is 2.27. The van der Waals surface area contributed by atoms with Gasteiger partial charge in [0.2, 0.25) is 0 Å². The number of carbonyl (C=O) groups excluding carboxylic acids is 1. The number of aryl methyl sites for hydroxylation is 1. The molecular formula is C25H24ClFN4O4. The molecule has 35 heavy (non-hydrogen) atoms. The second-order valence-corrected chi connectivity index (χ2v) is 8.98. The van der Waals surface area contributed by atoms with Gasteiger partial charge in [0.05, 0.1) is 46.9 Å². The summed E-state index contributed by atoms with van der Waals surface area (Å²) in [6.07, 6.45) is 2.93. The molecule has 0 unspecified atom stereocenters. The summed E-state index contributed by atoms with van der Waals surface area (Å²) in [6, 6.07) is 6.98. The molecule has 8 nitrogen and oxygen atoms in total. The second-order valence-electron chi connectivity index (χ2n) is 8.57. The maximum Gasteiger partial charge on any atom is 0.264 e. The summed E-state index contributed by atoms with van der Waals surface area (Å²) in [5.41, 5.74) is 1.46. The van der Waals surface area contributed by atoms with Crippen LogP contribution in [-0.4, -0.2) is 58.4 Å². The molecule has 1 fully saturated rings. The first-order valence-electron chi connectivity index (χ1n) is 11.2. The van der Waals surface area contributed by atoms with Crippen molar-refractivity contribution in [2.24, 2.45) is 7.05 Å². The third-order valence-electron chi connectivity index (χ3n) is 6.48. The molecular weight excluding hydrogens is 475 g/mol. The molecule has 0 radical (unpaired) electrons. The van der Waals surface area contributed by atoms with E-state index in [1.807, 2.05) is 23.7 Å². The molecule has 182 valence electrons. The van der Waals surface area contributed by atoms with E-state index in [0.29, 0.717) is 23.8 Å². The number of carbonyl (C=O) groups is 1. The first kappa shape index (κ1) is 23.2. The fraction of sp³-hybridized carbons (Fsp3) is 0.320. The van der Waals surface area contributed by atoms with E-state index in [4.69, 9.17) is 21.1 Å². The van der Waals surface area contributed by atoms with E-state index in [2.05, 4.69) is 4.98 Å². The summed E-state index contributed by atoms with van der Waals surface area (Å²) in [5, 5.41) is 1.66. The van der Waals surface area contributed by atoms with Gasteiger partial charge in [-0.2, -0.15) is 0 Å². The maximum atomic E-state index is 13.7. The van der Waals surface area contributed by atoms with Crippen LogP contribution in [0.15, 0.2) is 41.5 Å². The van der Waals surface area contributed by atoms with Gasteiger partial charge in [-0.15, -0.1) is 0 Å². The monoisotopic (exact) mass is 498 g/mol. The molecule has 5 rings (SSSR count). The Balaban J connectivity index is 1.76. The maximum absolute atomic E-state index is 13.7. The number of amides is 1. The van der Waals surface area contributed by atoms with Crippen LogP contribution in [0, 0.1) is 0 Å². The van der Waals surface area contributed by atoms with Gasteiger partial charge in [0.1, 0.15) is 6.17 Å². The number of halogens is 2. The highest BCUT2D eigenvalue weighted by molar-refractivity contribution is 6.35. The Morgan fingerprint density at radius 2 is 1.86 bits per heavy atom. The fourth-order valence-corrected chi connectivity index (χ4v) is 4.87. The van der Waals surface area contributed by atoms with Crippen LogP contribution in [-0.2, 0) is 7.05 Å². The fourth-order valence-electron chi connectivity index (χ4n) is 4.56. The van der Waals surface area contributed by atoms with E-state index in [1.165, 1.54) is 31.0 Å². The number of methoxy groups -OCH3 is 2. The zero-order chi connectivity index (χ0) is 24.9. The van der Waals surface area contributed by atoms with Gasteiger partial charge in [-0.05, 0) is 31.0 Å². The SMILES string of the molecule is COc1cc2c(=O)n(-c3ccc4c(Cl)cn(C)c4c3)cc(C(=O)N3CCC(F)CC3)c2nc1OC. The number of benzene rings is 1. The molecule has 0 spiro atoms. The molecule has 1 aliphatic rings. The van der Waals surface area contributed by atoms with E-state index >= 15 is 0 Å². The number of nitrogens with zero attached hydrogens (tertiary/aromatic N) is 4. The number of piperidine rings is 1. The normalized spacial score (nSPS) is 14.6. The van der Waals surface area contributed by atoms with Gasteiger partial charge in [-0.3, -0.25) is 14.2 Å². The van der Waals surface area contributed by atoms with Crippen LogP contribution in [0.3, 0.4) is 0 Å². The van der Waals surface area contributed by atoms with Crippen LogP contribution in [0.4, 0.5) is 4.39 Å². The van der Waals surface area contributed by atoms with Crippen LogP contribution in [0.25, 0.3) is 27.5 Å². The molecule has 3 aromatic heterocycles. The molecule has 0 aliphatic carbocycles. The van der Waals surface area contributed by atoms with Crippen molar-refractivity contribution in [2.75, 3.05) is 27.3 Å². The Morgan fingerprint density at radius 1 is 1.11 bits per heavy atom. The van der Waals surface area contributed by atoms with Crippen molar-refractivity contribution < 1.29 is 18.7 Å². The summed E-state index contributed by atoms with van der Waals surface area (Å²) < 4.78 is 27.7. The molecule has 4 aromatic rings. The summed E-state index contributed by atoms with van der Waals surface area (Å²) in [5.74, 6) is 0.114. The van der Waals surface area contributed by atoms with Crippen molar-refractivity contribution in [3.8, 4) is 17.3 Å². The van der Waals surface area contributed by atoms with Crippen molar-refractivity contribution in [2.45, 2.75) is 19.0 Å². The summed E-state index contributed by atoms with van der Waals surface area (Å²) in [4.78, 5) is 33.3. The summed E-state index contributed by atoms with van der Waals surface area (Å²) in [6.45, 7) is 0.587. The van der Waals surface area contributed by atoms with Gasteiger partial charge >= 0.3 is 0 Å². The number of likely N-dealkylation sites (tertiary alicyclic amines) is 1. The number of fused-ring (bicyclic) bond motifs is 2. The number of aromatic nitrogens is 3. The molecule has 1 aromatic carbocycles. The predicted octanol–water partition coefficient (Wildman–Crippen LogP) is 4.12. The average Bonchev–Trinajstić information content (AvgIpc) is 3.16. The number of hydrogen-bond acceptors (Lipinski definition) is 5. The first-order valence-corrected chi connectivity index (χ1v) is 11.6. The Labute approximate surface area is 205 Å². The van der Waals surface area contributed by atoms with Gasteiger partial charge < -0.3 is 18.9 Å². The minimum absolute atomic E-state index is 0.161. The van der Waals surface area contributed by atoms with Gasteiger partial charge in [0.15, 0.2) is 5.75 Å². The van der Waals surface area contributed by atoms with Gasteiger partial charge in [0, 0.05) is 44.0 Å². The molecule has 1 amide bonds. The van der Waals surface area contributed by atoms with Crippen molar-refractivity contribution in [1.29, 1.82) is 0 Å². The van der Waals surface area contributed by atoms with Crippen LogP contribution in [0.5, 0.6) is 11.6 Å². The minimum Gasteiger partial charge on any atom is -0.491 e. The zero-order valence-corrected chi connectivity index (χ0v) is 20.3. The molecule has 10 heteroatoms.